The van der Waals surface area contributed by atoms with Gasteiger partial charge in [0, 0.05) is 0 Å². The van der Waals surface area contributed by atoms with Gasteiger partial charge in [-0.3, -0.25) is 9.59 Å². The van der Waals surface area contributed by atoms with Gasteiger partial charge in [0.15, 0.2) is 5.92 Å². The average molecular weight is 303 g/mol. The summed E-state index contributed by atoms with van der Waals surface area (Å²) in [6.07, 6.45) is 1.24. The van der Waals surface area contributed by atoms with Crippen LogP contribution in [-0.4, -0.2) is 42.2 Å². The predicted molar refractivity (Wildman–Crippen MR) is 69.6 cm³/mol. The molecule has 0 radical (unpaired) electrons. The Labute approximate surface area is 121 Å². The highest BCUT2D eigenvalue weighted by Crippen LogP contribution is 2.26. The van der Waals surface area contributed by atoms with Gasteiger partial charge in [-0.15, -0.1) is 0 Å². The van der Waals surface area contributed by atoms with Crippen LogP contribution in [-0.2, 0) is 19.1 Å². The second-order valence-electron chi connectivity index (χ2n) is 3.53. The van der Waals surface area contributed by atoms with Crippen LogP contribution >= 0.6 is 11.6 Å². The number of aromatic nitrogens is 2. The first-order chi connectivity index (χ1) is 9.54. The molecule has 0 atom stereocenters. The fraction of sp³-hybridized carbons (Fsp3) is 0.500. The van der Waals surface area contributed by atoms with Gasteiger partial charge in [-0.1, -0.05) is 11.6 Å². The molecule has 0 N–H and O–H groups in total. The Morgan fingerprint density at radius 3 is 2.25 bits per heavy atom. The first-order valence-electron chi connectivity index (χ1n) is 5.94. The molecule has 8 heteroatoms. The van der Waals surface area contributed by atoms with E-state index in [-0.39, 0.29) is 29.9 Å². The van der Waals surface area contributed by atoms with Crippen molar-refractivity contribution in [3.8, 4) is 6.01 Å². The number of rotatable bonds is 6. The molecule has 1 rings (SSSR count). The van der Waals surface area contributed by atoms with Crippen molar-refractivity contribution < 1.29 is 23.8 Å². The zero-order valence-electron chi connectivity index (χ0n) is 11.4. The molecule has 0 bridgehead atoms. The number of hydrogen-bond acceptors (Lipinski definition) is 7. The van der Waals surface area contributed by atoms with Crippen LogP contribution < -0.4 is 4.74 Å². The van der Waals surface area contributed by atoms with Crippen LogP contribution in [0, 0.1) is 0 Å². The highest BCUT2D eigenvalue weighted by Gasteiger charge is 2.35. The Morgan fingerprint density at radius 1 is 1.25 bits per heavy atom. The number of methoxy groups -OCH3 is 1. The molecule has 110 valence electrons. The molecular formula is C12H15ClN2O5. The lowest BCUT2D eigenvalue weighted by Crippen LogP contribution is -2.27. The van der Waals surface area contributed by atoms with Gasteiger partial charge in [-0.2, -0.15) is 4.98 Å². The van der Waals surface area contributed by atoms with E-state index in [9.17, 15) is 9.59 Å². The van der Waals surface area contributed by atoms with E-state index in [2.05, 4.69) is 9.97 Å². The number of esters is 2. The van der Waals surface area contributed by atoms with E-state index >= 15 is 0 Å². The van der Waals surface area contributed by atoms with Crippen molar-refractivity contribution in [3.63, 3.8) is 0 Å². The topological polar surface area (TPSA) is 87.6 Å². The van der Waals surface area contributed by atoms with Crippen molar-refractivity contribution in [3.05, 3.63) is 16.9 Å². The number of ether oxygens (including phenoxy) is 3. The van der Waals surface area contributed by atoms with Gasteiger partial charge in [0.2, 0.25) is 0 Å². The molecule has 0 aromatic carbocycles. The van der Waals surface area contributed by atoms with E-state index in [0.29, 0.717) is 0 Å². The Balaban J connectivity index is 3.21. The van der Waals surface area contributed by atoms with Crippen molar-refractivity contribution >= 4 is 23.5 Å². The molecule has 0 aliphatic heterocycles. The fourth-order valence-electron chi connectivity index (χ4n) is 1.43. The molecule has 0 aliphatic rings. The Bertz CT molecular complexity index is 477. The third-order valence-electron chi connectivity index (χ3n) is 2.25. The molecule has 1 heterocycles. The second kappa shape index (κ2) is 7.64. The lowest BCUT2D eigenvalue weighted by molar-refractivity contribution is -0.157. The largest absolute Gasteiger partial charge is 0.467 e. The van der Waals surface area contributed by atoms with Crippen molar-refractivity contribution in [2.75, 3.05) is 20.3 Å². The molecule has 0 fully saturated rings. The van der Waals surface area contributed by atoms with E-state index in [1.165, 1.54) is 13.3 Å². The summed E-state index contributed by atoms with van der Waals surface area (Å²) in [6, 6.07) is -0.0111. The predicted octanol–water partition coefficient (Wildman–Crippen LogP) is 1.35. The number of carbonyl (C=O) groups excluding carboxylic acids is 2. The number of hydrogen-bond donors (Lipinski definition) is 0. The highest BCUT2D eigenvalue weighted by molar-refractivity contribution is 6.31. The Hall–Kier alpha value is -1.89. The maximum absolute atomic E-state index is 11.9. The second-order valence-corrected chi connectivity index (χ2v) is 3.93. The zero-order valence-corrected chi connectivity index (χ0v) is 12.1. The third-order valence-corrected chi connectivity index (χ3v) is 2.54. The quantitative estimate of drug-likeness (QED) is 0.579. The molecule has 0 saturated carbocycles. The SMILES string of the molecule is CCOC(=O)C(C(=O)OCC)c1nc(OC)ncc1Cl. The molecule has 7 nitrogen and oxygen atoms in total. The molecular weight excluding hydrogens is 288 g/mol. The minimum atomic E-state index is -1.36. The van der Waals surface area contributed by atoms with Crippen LogP contribution in [0.15, 0.2) is 6.20 Å². The van der Waals surface area contributed by atoms with E-state index in [4.69, 9.17) is 25.8 Å². The molecule has 0 amide bonds. The minimum Gasteiger partial charge on any atom is -0.467 e. The van der Waals surface area contributed by atoms with E-state index in [0.717, 1.165) is 0 Å². The van der Waals surface area contributed by atoms with Crippen LogP contribution in [0.25, 0.3) is 0 Å². The van der Waals surface area contributed by atoms with Crippen molar-refractivity contribution in [1.82, 2.24) is 9.97 Å². The summed E-state index contributed by atoms with van der Waals surface area (Å²) in [4.78, 5) is 31.6. The highest BCUT2D eigenvalue weighted by atomic mass is 35.5. The fourth-order valence-corrected chi connectivity index (χ4v) is 1.63. The molecule has 0 spiro atoms. The van der Waals surface area contributed by atoms with Crippen LogP contribution in [0.3, 0.4) is 0 Å². The summed E-state index contributed by atoms with van der Waals surface area (Å²) < 4.78 is 14.6. The summed E-state index contributed by atoms with van der Waals surface area (Å²) in [6.45, 7) is 3.49. The van der Waals surface area contributed by atoms with Gasteiger partial charge in [-0.25, -0.2) is 4.98 Å². The van der Waals surface area contributed by atoms with Gasteiger partial charge < -0.3 is 14.2 Å². The number of halogens is 1. The standard InChI is InChI=1S/C12H15ClN2O5/c1-4-19-10(16)8(11(17)20-5-2)9-7(13)6-14-12(15-9)18-3/h6,8H,4-5H2,1-3H3. The van der Waals surface area contributed by atoms with Gasteiger partial charge in [0.25, 0.3) is 0 Å². The molecule has 1 aromatic rings. The van der Waals surface area contributed by atoms with E-state index < -0.39 is 17.9 Å². The van der Waals surface area contributed by atoms with Crippen LogP contribution in [0.5, 0.6) is 6.01 Å². The summed E-state index contributed by atoms with van der Waals surface area (Å²) in [5, 5.41) is 0.0527. The zero-order chi connectivity index (χ0) is 15.1. The summed E-state index contributed by atoms with van der Waals surface area (Å²) in [7, 11) is 1.36. The average Bonchev–Trinajstić information content (AvgIpc) is 2.42. The molecule has 0 saturated heterocycles. The van der Waals surface area contributed by atoms with Gasteiger partial charge >= 0.3 is 17.9 Å². The van der Waals surface area contributed by atoms with Crippen LogP contribution in [0.1, 0.15) is 25.5 Å². The van der Waals surface area contributed by atoms with Crippen molar-refractivity contribution in [1.29, 1.82) is 0 Å². The van der Waals surface area contributed by atoms with Crippen molar-refractivity contribution in [2.24, 2.45) is 0 Å². The van der Waals surface area contributed by atoms with Crippen molar-refractivity contribution in [2.45, 2.75) is 19.8 Å². The van der Waals surface area contributed by atoms with Crippen LogP contribution in [0.4, 0.5) is 0 Å². The number of carbonyl (C=O) groups is 2. The first-order valence-corrected chi connectivity index (χ1v) is 6.32. The normalized spacial score (nSPS) is 10.2. The smallest absolute Gasteiger partial charge is 0.326 e. The minimum absolute atomic E-state index is 0.00424. The van der Waals surface area contributed by atoms with E-state index in [1.807, 2.05) is 0 Å². The molecule has 1 aromatic heterocycles. The first kappa shape index (κ1) is 16.2. The summed E-state index contributed by atoms with van der Waals surface area (Å²) in [5.41, 5.74) is -0.00424. The summed E-state index contributed by atoms with van der Waals surface area (Å²) >= 11 is 5.94. The molecule has 0 unspecified atom stereocenters. The van der Waals surface area contributed by atoms with Gasteiger partial charge in [0.1, 0.15) is 0 Å². The lowest BCUT2D eigenvalue weighted by atomic mass is 10.1. The summed E-state index contributed by atoms with van der Waals surface area (Å²) in [5.74, 6) is -2.93. The third kappa shape index (κ3) is 3.80. The molecule has 0 aliphatic carbocycles. The Kier molecular flexibility index (Phi) is 6.17. The monoisotopic (exact) mass is 302 g/mol. The molecule has 20 heavy (non-hydrogen) atoms. The van der Waals surface area contributed by atoms with Gasteiger partial charge in [0.05, 0.1) is 37.2 Å². The maximum Gasteiger partial charge on any atom is 0.326 e. The van der Waals surface area contributed by atoms with Crippen LogP contribution in [0.2, 0.25) is 5.02 Å². The van der Waals surface area contributed by atoms with E-state index in [1.54, 1.807) is 13.8 Å². The Morgan fingerprint density at radius 2 is 1.80 bits per heavy atom. The number of nitrogens with zero attached hydrogens (tertiary/aromatic N) is 2. The maximum atomic E-state index is 11.9. The van der Waals surface area contributed by atoms with Gasteiger partial charge in [-0.05, 0) is 13.8 Å². The lowest BCUT2D eigenvalue weighted by Gasteiger charge is -2.15.